The lowest BCUT2D eigenvalue weighted by atomic mass is 9.58. The Morgan fingerprint density at radius 1 is 1.20 bits per heavy atom. The van der Waals surface area contributed by atoms with Gasteiger partial charge in [-0.05, 0) is 79.5 Å². The van der Waals surface area contributed by atoms with E-state index in [0.717, 1.165) is 49.2 Å². The molecule has 3 unspecified atom stereocenters. The van der Waals surface area contributed by atoms with E-state index in [4.69, 9.17) is 9.47 Å². The SMILES string of the molecule is C[C@]12CCC3c4cc(CC(=O)O)c(OCc5ccccc5)cc4CCC3C1CCO2. The molecule has 0 spiro atoms. The van der Waals surface area contributed by atoms with E-state index >= 15 is 0 Å². The molecule has 1 saturated heterocycles. The van der Waals surface area contributed by atoms with E-state index < -0.39 is 5.97 Å². The van der Waals surface area contributed by atoms with Crippen molar-refractivity contribution in [1.29, 1.82) is 0 Å². The van der Waals surface area contributed by atoms with Crippen LogP contribution < -0.4 is 4.74 Å². The number of hydrogen-bond acceptors (Lipinski definition) is 3. The van der Waals surface area contributed by atoms with Crippen LogP contribution in [0.1, 0.15) is 60.8 Å². The van der Waals surface area contributed by atoms with Gasteiger partial charge in [0.2, 0.25) is 0 Å². The summed E-state index contributed by atoms with van der Waals surface area (Å²) in [5.41, 5.74) is 4.64. The molecule has 1 N–H and O–H groups in total. The van der Waals surface area contributed by atoms with Crippen LogP contribution in [0.4, 0.5) is 0 Å². The number of carbonyl (C=O) groups is 1. The third-order valence-corrected chi connectivity index (χ3v) is 7.68. The van der Waals surface area contributed by atoms with Crippen molar-refractivity contribution in [3.05, 3.63) is 64.7 Å². The molecule has 5 rings (SSSR count). The first kappa shape index (κ1) is 19.6. The van der Waals surface area contributed by atoms with Crippen molar-refractivity contribution in [3.63, 3.8) is 0 Å². The number of carboxylic acid groups (broad SMARTS) is 1. The van der Waals surface area contributed by atoms with E-state index in [9.17, 15) is 9.90 Å². The second-order valence-corrected chi connectivity index (χ2v) is 9.41. The summed E-state index contributed by atoms with van der Waals surface area (Å²) in [6.07, 6.45) is 5.61. The lowest BCUT2D eigenvalue weighted by Crippen LogP contribution is -2.44. The first-order chi connectivity index (χ1) is 14.5. The molecule has 0 radical (unpaired) electrons. The van der Waals surface area contributed by atoms with Crippen LogP contribution in [0.25, 0.3) is 0 Å². The van der Waals surface area contributed by atoms with Crippen LogP contribution in [0.2, 0.25) is 0 Å². The Hall–Kier alpha value is -2.33. The van der Waals surface area contributed by atoms with Gasteiger partial charge in [-0.3, -0.25) is 4.79 Å². The van der Waals surface area contributed by atoms with Gasteiger partial charge < -0.3 is 14.6 Å². The summed E-state index contributed by atoms with van der Waals surface area (Å²) >= 11 is 0. The highest BCUT2D eigenvalue weighted by Gasteiger charge is 2.51. The quantitative estimate of drug-likeness (QED) is 0.748. The summed E-state index contributed by atoms with van der Waals surface area (Å²) in [5.74, 6) is 1.70. The van der Waals surface area contributed by atoms with E-state index in [1.807, 2.05) is 30.3 Å². The molecule has 2 aromatic rings. The van der Waals surface area contributed by atoms with Crippen LogP contribution in [0.5, 0.6) is 5.75 Å². The number of rotatable bonds is 5. The van der Waals surface area contributed by atoms with Crippen LogP contribution in [0, 0.1) is 11.8 Å². The molecule has 1 aliphatic heterocycles. The van der Waals surface area contributed by atoms with Gasteiger partial charge in [-0.25, -0.2) is 0 Å². The van der Waals surface area contributed by atoms with Crippen LogP contribution in [0.3, 0.4) is 0 Å². The standard InChI is InChI=1S/C26H30O4/c1-26-11-9-20-21(23(26)10-12-30-26)8-7-18-14-24(19(13-22(18)20)15-25(27)28)29-16-17-5-3-2-4-6-17/h2-6,13-14,20-21,23H,7-12,15-16H2,1H3,(H,27,28)/t20?,21?,23?,26-/m0/s1. The van der Waals surface area contributed by atoms with Crippen molar-refractivity contribution in [2.45, 2.75) is 63.6 Å². The van der Waals surface area contributed by atoms with Crippen molar-refractivity contribution in [2.24, 2.45) is 11.8 Å². The predicted molar refractivity (Wildman–Crippen MR) is 115 cm³/mol. The number of aryl methyl sites for hydroxylation is 1. The van der Waals surface area contributed by atoms with Gasteiger partial charge in [0.15, 0.2) is 0 Å². The number of fused-ring (bicyclic) bond motifs is 5. The molecule has 1 saturated carbocycles. The Kier molecular flexibility index (Phi) is 5.06. The molecule has 3 aliphatic rings. The van der Waals surface area contributed by atoms with Crippen LogP contribution in [-0.4, -0.2) is 23.3 Å². The molecule has 2 aromatic carbocycles. The van der Waals surface area contributed by atoms with Crippen molar-refractivity contribution in [1.82, 2.24) is 0 Å². The summed E-state index contributed by atoms with van der Waals surface area (Å²) in [6, 6.07) is 14.3. The van der Waals surface area contributed by atoms with Gasteiger partial charge in [0.25, 0.3) is 0 Å². The van der Waals surface area contributed by atoms with Crippen molar-refractivity contribution < 1.29 is 19.4 Å². The zero-order valence-electron chi connectivity index (χ0n) is 17.6. The molecule has 2 fully saturated rings. The van der Waals surface area contributed by atoms with Gasteiger partial charge in [0, 0.05) is 12.2 Å². The molecule has 30 heavy (non-hydrogen) atoms. The third kappa shape index (κ3) is 3.51. The minimum absolute atomic E-state index is 0.000948. The molecule has 1 heterocycles. The smallest absolute Gasteiger partial charge is 0.307 e. The zero-order valence-corrected chi connectivity index (χ0v) is 17.6. The van der Waals surface area contributed by atoms with Gasteiger partial charge in [-0.15, -0.1) is 0 Å². The molecule has 4 nitrogen and oxygen atoms in total. The minimum atomic E-state index is -0.813. The first-order valence-electron chi connectivity index (χ1n) is 11.2. The maximum absolute atomic E-state index is 11.6. The van der Waals surface area contributed by atoms with Crippen LogP contribution in [-0.2, 0) is 29.0 Å². The van der Waals surface area contributed by atoms with Crippen molar-refractivity contribution >= 4 is 5.97 Å². The van der Waals surface area contributed by atoms with Crippen LogP contribution in [0.15, 0.2) is 42.5 Å². The van der Waals surface area contributed by atoms with Gasteiger partial charge in [-0.1, -0.05) is 36.4 Å². The highest BCUT2D eigenvalue weighted by molar-refractivity contribution is 5.71. The third-order valence-electron chi connectivity index (χ3n) is 7.68. The molecule has 2 aliphatic carbocycles. The second kappa shape index (κ2) is 7.73. The maximum Gasteiger partial charge on any atom is 0.307 e. The van der Waals surface area contributed by atoms with E-state index in [-0.39, 0.29) is 12.0 Å². The summed E-state index contributed by atoms with van der Waals surface area (Å²) in [7, 11) is 0. The number of ether oxygens (including phenoxy) is 2. The van der Waals surface area contributed by atoms with E-state index in [2.05, 4.69) is 19.1 Å². The average molecular weight is 407 g/mol. The molecule has 4 atom stereocenters. The summed E-state index contributed by atoms with van der Waals surface area (Å²) in [6.45, 7) is 3.64. The predicted octanol–water partition coefficient (Wildman–Crippen LogP) is 5.13. The largest absolute Gasteiger partial charge is 0.489 e. The monoisotopic (exact) mass is 406 g/mol. The summed E-state index contributed by atoms with van der Waals surface area (Å²) in [4.78, 5) is 11.6. The molecular weight excluding hydrogens is 376 g/mol. The summed E-state index contributed by atoms with van der Waals surface area (Å²) in [5, 5.41) is 9.50. The lowest BCUT2D eigenvalue weighted by Gasteiger charge is -2.48. The average Bonchev–Trinajstić information content (AvgIpc) is 3.14. The molecule has 4 heteroatoms. The Labute approximate surface area is 178 Å². The van der Waals surface area contributed by atoms with Gasteiger partial charge in [0.05, 0.1) is 12.0 Å². The molecular formula is C26H30O4. The molecule has 0 aromatic heterocycles. The normalized spacial score (nSPS) is 29.6. The lowest BCUT2D eigenvalue weighted by molar-refractivity contribution is -0.136. The second-order valence-electron chi connectivity index (χ2n) is 9.41. The van der Waals surface area contributed by atoms with Crippen LogP contribution >= 0.6 is 0 Å². The fourth-order valence-electron chi connectivity index (χ4n) is 6.22. The Morgan fingerprint density at radius 3 is 2.83 bits per heavy atom. The maximum atomic E-state index is 11.6. The number of hydrogen-bond donors (Lipinski definition) is 1. The van der Waals surface area contributed by atoms with E-state index in [0.29, 0.717) is 24.4 Å². The van der Waals surface area contributed by atoms with Gasteiger partial charge in [0.1, 0.15) is 12.4 Å². The van der Waals surface area contributed by atoms with Gasteiger partial charge >= 0.3 is 5.97 Å². The Bertz CT molecular complexity index is 938. The fraction of sp³-hybridized carbons (Fsp3) is 0.500. The Balaban J connectivity index is 1.45. The molecule has 158 valence electrons. The van der Waals surface area contributed by atoms with Gasteiger partial charge in [-0.2, -0.15) is 0 Å². The molecule has 0 amide bonds. The first-order valence-corrected chi connectivity index (χ1v) is 11.2. The Morgan fingerprint density at radius 2 is 2.03 bits per heavy atom. The number of benzene rings is 2. The highest BCUT2D eigenvalue weighted by atomic mass is 16.5. The topological polar surface area (TPSA) is 55.8 Å². The number of carboxylic acids is 1. The highest BCUT2D eigenvalue weighted by Crippen LogP contribution is 2.56. The fourth-order valence-corrected chi connectivity index (χ4v) is 6.22. The van der Waals surface area contributed by atoms with E-state index in [1.54, 1.807) is 0 Å². The zero-order chi connectivity index (χ0) is 20.7. The van der Waals surface area contributed by atoms with E-state index in [1.165, 1.54) is 17.5 Å². The number of aliphatic carboxylic acids is 1. The minimum Gasteiger partial charge on any atom is -0.489 e. The van der Waals surface area contributed by atoms with Crippen molar-refractivity contribution in [3.8, 4) is 5.75 Å². The van der Waals surface area contributed by atoms with Crippen molar-refractivity contribution in [2.75, 3.05) is 6.61 Å². The summed E-state index contributed by atoms with van der Waals surface area (Å²) < 4.78 is 12.3. The molecule has 0 bridgehead atoms.